The quantitative estimate of drug-likeness (QED) is 0.750. The van der Waals surface area contributed by atoms with Crippen molar-refractivity contribution in [1.29, 1.82) is 0 Å². The Bertz CT molecular complexity index is 963. The van der Waals surface area contributed by atoms with E-state index in [1.54, 1.807) is 12.1 Å². The van der Waals surface area contributed by atoms with Crippen LogP contribution in [-0.4, -0.2) is 14.3 Å². The van der Waals surface area contributed by atoms with Gasteiger partial charge < -0.3 is 5.32 Å². The number of carbonyl (C=O) groups is 1. The van der Waals surface area contributed by atoms with Crippen molar-refractivity contribution < 1.29 is 13.2 Å². The molecule has 24 heavy (non-hydrogen) atoms. The summed E-state index contributed by atoms with van der Waals surface area (Å²) < 4.78 is 22.5. The summed E-state index contributed by atoms with van der Waals surface area (Å²) in [6, 6.07) is 18.6. The molecule has 0 aliphatic heterocycles. The number of sulfonamides is 1. The minimum atomic E-state index is -3.79. The molecule has 0 bridgehead atoms. The highest BCUT2D eigenvalue weighted by Crippen LogP contribution is 2.23. The van der Waals surface area contributed by atoms with E-state index in [9.17, 15) is 13.2 Å². The fraction of sp³-hybridized carbons (Fsp3) is 0. The van der Waals surface area contributed by atoms with Gasteiger partial charge in [0, 0.05) is 11.1 Å². The first-order valence-electron chi connectivity index (χ1n) is 7.02. The lowest BCUT2D eigenvalue weighted by molar-refractivity contribution is 0.102. The van der Waals surface area contributed by atoms with E-state index in [4.69, 9.17) is 5.14 Å². The second-order valence-corrected chi connectivity index (χ2v) is 7.80. The Labute approximate surface area is 143 Å². The van der Waals surface area contributed by atoms with E-state index in [0.717, 1.165) is 22.5 Å². The van der Waals surface area contributed by atoms with E-state index < -0.39 is 10.0 Å². The van der Waals surface area contributed by atoms with Crippen LogP contribution in [0.15, 0.2) is 70.3 Å². The monoisotopic (exact) mass is 358 g/mol. The first-order valence-corrected chi connectivity index (χ1v) is 9.44. The third-order valence-corrected chi connectivity index (χ3v) is 5.75. The zero-order chi connectivity index (χ0) is 17.2. The second kappa shape index (κ2) is 6.56. The van der Waals surface area contributed by atoms with E-state index in [-0.39, 0.29) is 15.7 Å². The predicted octanol–water partition coefficient (Wildman–Crippen LogP) is 3.31. The van der Waals surface area contributed by atoms with Gasteiger partial charge in [-0.15, -0.1) is 11.3 Å². The van der Waals surface area contributed by atoms with Gasteiger partial charge in [0.2, 0.25) is 10.0 Å². The molecule has 7 heteroatoms. The molecule has 0 saturated heterocycles. The number of hydrogen-bond donors (Lipinski definition) is 2. The summed E-state index contributed by atoms with van der Waals surface area (Å²) in [5, 5.41) is 9.25. The van der Waals surface area contributed by atoms with Crippen molar-refractivity contribution in [2.45, 2.75) is 4.21 Å². The highest BCUT2D eigenvalue weighted by Gasteiger charge is 2.15. The Hall–Kier alpha value is -2.48. The SMILES string of the molecule is NS(=O)(=O)c1cc(C(=O)Nc2ccc(-c3ccccc3)cc2)cs1. The number of carbonyl (C=O) groups excluding carboxylic acids is 1. The molecular formula is C17H14N2O3S2. The molecule has 3 rings (SSSR count). The summed E-state index contributed by atoms with van der Waals surface area (Å²) in [5.41, 5.74) is 3.02. The van der Waals surface area contributed by atoms with Gasteiger partial charge in [0.15, 0.2) is 0 Å². The molecule has 5 nitrogen and oxygen atoms in total. The van der Waals surface area contributed by atoms with E-state index in [0.29, 0.717) is 5.69 Å². The van der Waals surface area contributed by atoms with Crippen LogP contribution < -0.4 is 10.5 Å². The van der Waals surface area contributed by atoms with Crippen molar-refractivity contribution in [1.82, 2.24) is 0 Å². The third-order valence-electron chi connectivity index (χ3n) is 3.37. The van der Waals surface area contributed by atoms with Crippen LogP contribution in [0.5, 0.6) is 0 Å². The number of thiophene rings is 1. The second-order valence-electron chi connectivity index (χ2n) is 5.10. The van der Waals surface area contributed by atoms with Crippen molar-refractivity contribution in [2.75, 3.05) is 5.32 Å². The van der Waals surface area contributed by atoms with E-state index >= 15 is 0 Å². The topological polar surface area (TPSA) is 89.3 Å². The lowest BCUT2D eigenvalue weighted by atomic mass is 10.1. The Morgan fingerprint density at radius 1 is 0.958 bits per heavy atom. The van der Waals surface area contributed by atoms with Gasteiger partial charge in [0.1, 0.15) is 4.21 Å². The van der Waals surface area contributed by atoms with Gasteiger partial charge in [-0.2, -0.15) is 0 Å². The zero-order valence-corrected chi connectivity index (χ0v) is 14.1. The fourth-order valence-electron chi connectivity index (χ4n) is 2.16. The molecule has 0 unspecified atom stereocenters. The van der Waals surface area contributed by atoms with Gasteiger partial charge in [0.05, 0.1) is 5.56 Å². The zero-order valence-electron chi connectivity index (χ0n) is 12.5. The molecule has 1 aromatic heterocycles. The van der Waals surface area contributed by atoms with Crippen molar-refractivity contribution in [3.63, 3.8) is 0 Å². The standard InChI is InChI=1S/C17H14N2O3S2/c18-24(21,22)16-10-14(11-23-16)17(20)19-15-8-6-13(7-9-15)12-4-2-1-3-5-12/h1-11H,(H,19,20)(H2,18,21,22). The summed E-state index contributed by atoms with van der Waals surface area (Å²) in [6.45, 7) is 0. The highest BCUT2D eigenvalue weighted by atomic mass is 32.2. The molecule has 0 atom stereocenters. The van der Waals surface area contributed by atoms with Crippen LogP contribution in [0.4, 0.5) is 5.69 Å². The van der Waals surface area contributed by atoms with Crippen LogP contribution in [0, 0.1) is 0 Å². The molecular weight excluding hydrogens is 344 g/mol. The number of nitrogens with two attached hydrogens (primary N) is 1. The Morgan fingerprint density at radius 2 is 1.58 bits per heavy atom. The molecule has 0 radical (unpaired) electrons. The van der Waals surface area contributed by atoms with Gasteiger partial charge in [0.25, 0.3) is 5.91 Å². The number of nitrogens with one attached hydrogen (secondary N) is 1. The molecule has 0 fully saturated rings. The van der Waals surface area contributed by atoms with Crippen LogP contribution in [0.25, 0.3) is 11.1 Å². The number of primary sulfonamides is 1. The lowest BCUT2D eigenvalue weighted by Crippen LogP contribution is -2.12. The molecule has 2 aromatic carbocycles. The average Bonchev–Trinajstić information content (AvgIpc) is 3.07. The van der Waals surface area contributed by atoms with Crippen molar-refractivity contribution in [3.05, 3.63) is 71.6 Å². The number of hydrogen-bond acceptors (Lipinski definition) is 4. The van der Waals surface area contributed by atoms with Crippen molar-refractivity contribution in [3.8, 4) is 11.1 Å². The number of benzene rings is 2. The maximum atomic E-state index is 12.2. The van der Waals surface area contributed by atoms with Crippen LogP contribution in [0.3, 0.4) is 0 Å². The van der Waals surface area contributed by atoms with E-state index in [1.807, 2.05) is 42.5 Å². The van der Waals surface area contributed by atoms with Crippen LogP contribution in [0.1, 0.15) is 10.4 Å². The molecule has 122 valence electrons. The first-order chi connectivity index (χ1) is 11.4. The van der Waals surface area contributed by atoms with Crippen LogP contribution in [0.2, 0.25) is 0 Å². The third kappa shape index (κ3) is 3.70. The maximum absolute atomic E-state index is 12.2. The van der Waals surface area contributed by atoms with Gasteiger partial charge in [-0.1, -0.05) is 42.5 Å². The molecule has 3 aromatic rings. The fourth-order valence-corrected chi connectivity index (χ4v) is 3.75. The number of amides is 1. The van der Waals surface area contributed by atoms with Crippen LogP contribution in [-0.2, 0) is 10.0 Å². The van der Waals surface area contributed by atoms with E-state index in [1.165, 1.54) is 11.4 Å². The Kier molecular flexibility index (Phi) is 4.48. The largest absolute Gasteiger partial charge is 0.322 e. The van der Waals surface area contributed by atoms with E-state index in [2.05, 4.69) is 5.32 Å². The minimum absolute atomic E-state index is 0.0351. The molecule has 1 heterocycles. The van der Waals surface area contributed by atoms with Gasteiger partial charge in [-0.05, 0) is 29.3 Å². The summed E-state index contributed by atoms with van der Waals surface area (Å²) in [7, 11) is -3.79. The summed E-state index contributed by atoms with van der Waals surface area (Å²) in [5.74, 6) is -0.381. The normalized spacial score (nSPS) is 11.2. The van der Waals surface area contributed by atoms with Gasteiger partial charge >= 0.3 is 0 Å². The van der Waals surface area contributed by atoms with Gasteiger partial charge in [-0.25, -0.2) is 13.6 Å². The predicted molar refractivity (Wildman–Crippen MR) is 95.5 cm³/mol. The van der Waals surface area contributed by atoms with Crippen molar-refractivity contribution >= 4 is 33.0 Å². The minimum Gasteiger partial charge on any atom is -0.322 e. The summed E-state index contributed by atoms with van der Waals surface area (Å²) >= 11 is 0.921. The lowest BCUT2D eigenvalue weighted by Gasteiger charge is -2.06. The van der Waals surface area contributed by atoms with Gasteiger partial charge in [-0.3, -0.25) is 4.79 Å². The molecule has 3 N–H and O–H groups in total. The Morgan fingerprint density at radius 3 is 2.17 bits per heavy atom. The molecule has 1 amide bonds. The molecule has 0 spiro atoms. The molecule has 0 saturated carbocycles. The smallest absolute Gasteiger partial charge is 0.256 e. The van der Waals surface area contributed by atoms with Crippen LogP contribution >= 0.6 is 11.3 Å². The average molecular weight is 358 g/mol. The number of anilines is 1. The Balaban J connectivity index is 1.74. The first kappa shape index (κ1) is 16.4. The highest BCUT2D eigenvalue weighted by molar-refractivity contribution is 7.91. The molecule has 0 aliphatic carbocycles. The summed E-state index contributed by atoms with van der Waals surface area (Å²) in [4.78, 5) is 12.2. The maximum Gasteiger partial charge on any atom is 0.256 e. The molecule has 0 aliphatic rings. The summed E-state index contributed by atoms with van der Waals surface area (Å²) in [6.07, 6.45) is 0. The number of rotatable bonds is 4. The van der Waals surface area contributed by atoms with Crippen molar-refractivity contribution in [2.24, 2.45) is 5.14 Å².